The molecule has 4 heteroatoms. The van der Waals surface area contributed by atoms with Crippen LogP contribution in [-0.4, -0.2) is 29.1 Å². The van der Waals surface area contributed by atoms with Gasteiger partial charge in [0.2, 0.25) is 0 Å². The number of aryl methyl sites for hydroxylation is 1. The molecule has 0 aliphatic carbocycles. The number of hydrogen-bond acceptors (Lipinski definition) is 2. The summed E-state index contributed by atoms with van der Waals surface area (Å²) in [5, 5.41) is 9.72. The second-order valence-electron chi connectivity index (χ2n) is 5.18. The van der Waals surface area contributed by atoms with Gasteiger partial charge in [0, 0.05) is 24.7 Å². The smallest absolute Gasteiger partial charge is 0.306 e. The molecule has 0 bridgehead atoms. The molecule has 1 aliphatic rings. The summed E-state index contributed by atoms with van der Waals surface area (Å²) in [5.41, 5.74) is 2.27. The van der Waals surface area contributed by atoms with E-state index < -0.39 is 5.97 Å². The second kappa shape index (κ2) is 5.29. The van der Waals surface area contributed by atoms with E-state index in [0.717, 1.165) is 35.8 Å². The first-order valence-corrected chi connectivity index (χ1v) is 6.55. The fourth-order valence-electron chi connectivity index (χ4n) is 2.28. The molecular weight excluding hydrogens is 250 g/mol. The van der Waals surface area contributed by atoms with Gasteiger partial charge in [-0.2, -0.15) is 0 Å². The zero-order chi connectivity index (χ0) is 13.3. The molecule has 0 spiro atoms. The van der Waals surface area contributed by atoms with Gasteiger partial charge in [0.1, 0.15) is 0 Å². The van der Waals surface area contributed by atoms with E-state index in [2.05, 4.69) is 11.0 Å². The number of rotatable bonds is 4. The van der Waals surface area contributed by atoms with Gasteiger partial charge in [-0.05, 0) is 30.0 Å². The van der Waals surface area contributed by atoms with E-state index in [1.165, 1.54) is 0 Å². The second-order valence-corrected chi connectivity index (χ2v) is 5.58. The molecule has 1 heterocycles. The van der Waals surface area contributed by atoms with Crippen LogP contribution in [0.25, 0.3) is 0 Å². The number of nitrogens with zero attached hydrogens (tertiary/aromatic N) is 1. The Bertz CT molecular complexity index is 455. The average molecular weight is 268 g/mol. The minimum absolute atomic E-state index is 0.255. The van der Waals surface area contributed by atoms with Crippen LogP contribution in [0.3, 0.4) is 0 Å². The Hall–Kier alpha value is -1.06. The normalized spacial score (nSPS) is 18.4. The van der Waals surface area contributed by atoms with Crippen molar-refractivity contribution in [3.63, 3.8) is 0 Å². The van der Waals surface area contributed by atoms with E-state index in [0.29, 0.717) is 0 Å². The van der Waals surface area contributed by atoms with Crippen LogP contribution < -0.4 is 0 Å². The number of hydrogen-bond donors (Lipinski definition) is 1. The molecular formula is C14H18ClNO2. The lowest BCUT2D eigenvalue weighted by Gasteiger charge is -2.41. The van der Waals surface area contributed by atoms with Crippen LogP contribution in [0.4, 0.5) is 0 Å². The first-order valence-electron chi connectivity index (χ1n) is 6.17. The van der Waals surface area contributed by atoms with Gasteiger partial charge >= 0.3 is 5.97 Å². The zero-order valence-corrected chi connectivity index (χ0v) is 11.4. The van der Waals surface area contributed by atoms with Gasteiger partial charge in [0.15, 0.2) is 0 Å². The van der Waals surface area contributed by atoms with Crippen molar-refractivity contribution in [1.29, 1.82) is 0 Å². The molecule has 1 fully saturated rings. The van der Waals surface area contributed by atoms with E-state index in [4.69, 9.17) is 16.7 Å². The van der Waals surface area contributed by atoms with Crippen LogP contribution in [0.15, 0.2) is 18.2 Å². The highest BCUT2D eigenvalue weighted by Gasteiger charge is 2.34. The zero-order valence-electron chi connectivity index (χ0n) is 10.7. The SMILES string of the molecule is Cc1ccc(CN2CC(C(C)C(=O)O)C2)c(Cl)c1. The molecule has 2 rings (SSSR count). The van der Waals surface area contributed by atoms with Crippen molar-refractivity contribution in [3.8, 4) is 0 Å². The lowest BCUT2D eigenvalue weighted by atomic mass is 9.87. The van der Waals surface area contributed by atoms with Crippen molar-refractivity contribution in [2.45, 2.75) is 20.4 Å². The van der Waals surface area contributed by atoms with Crippen molar-refractivity contribution in [1.82, 2.24) is 4.90 Å². The molecule has 0 aromatic heterocycles. The largest absolute Gasteiger partial charge is 0.481 e. The van der Waals surface area contributed by atoms with Gasteiger partial charge in [-0.15, -0.1) is 0 Å². The summed E-state index contributed by atoms with van der Waals surface area (Å²) in [6.07, 6.45) is 0. The summed E-state index contributed by atoms with van der Waals surface area (Å²) in [6.45, 7) is 6.30. The first kappa shape index (κ1) is 13.4. The Labute approximate surface area is 112 Å². The number of benzene rings is 1. The molecule has 1 atom stereocenters. The van der Waals surface area contributed by atoms with Gasteiger partial charge in [-0.25, -0.2) is 0 Å². The van der Waals surface area contributed by atoms with Gasteiger partial charge in [0.05, 0.1) is 5.92 Å². The minimum atomic E-state index is -0.701. The molecule has 18 heavy (non-hydrogen) atoms. The van der Waals surface area contributed by atoms with Crippen LogP contribution in [0.1, 0.15) is 18.1 Å². The van der Waals surface area contributed by atoms with Gasteiger partial charge in [-0.3, -0.25) is 9.69 Å². The van der Waals surface area contributed by atoms with Crippen LogP contribution >= 0.6 is 11.6 Å². The maximum absolute atomic E-state index is 10.9. The van der Waals surface area contributed by atoms with Crippen LogP contribution in [0.2, 0.25) is 5.02 Å². The number of carboxylic acid groups (broad SMARTS) is 1. The predicted molar refractivity (Wildman–Crippen MR) is 71.8 cm³/mol. The number of carbonyl (C=O) groups is 1. The quantitative estimate of drug-likeness (QED) is 0.912. The molecule has 1 unspecified atom stereocenters. The molecule has 1 saturated heterocycles. The van der Waals surface area contributed by atoms with E-state index >= 15 is 0 Å². The van der Waals surface area contributed by atoms with E-state index in [9.17, 15) is 4.79 Å². The Balaban J connectivity index is 1.88. The highest BCUT2D eigenvalue weighted by molar-refractivity contribution is 6.31. The van der Waals surface area contributed by atoms with E-state index in [1.54, 1.807) is 6.92 Å². The Morgan fingerprint density at radius 1 is 1.56 bits per heavy atom. The molecule has 1 aromatic carbocycles. The Morgan fingerprint density at radius 2 is 2.22 bits per heavy atom. The monoisotopic (exact) mass is 267 g/mol. The third-order valence-electron chi connectivity index (χ3n) is 3.68. The summed E-state index contributed by atoms with van der Waals surface area (Å²) in [6, 6.07) is 6.07. The lowest BCUT2D eigenvalue weighted by Crippen LogP contribution is -2.50. The maximum atomic E-state index is 10.9. The third kappa shape index (κ3) is 2.85. The molecule has 1 aromatic rings. The van der Waals surface area contributed by atoms with Gasteiger partial charge < -0.3 is 5.11 Å². The van der Waals surface area contributed by atoms with Gasteiger partial charge in [-0.1, -0.05) is 30.7 Å². The number of likely N-dealkylation sites (tertiary alicyclic amines) is 1. The fraction of sp³-hybridized carbons (Fsp3) is 0.500. The Morgan fingerprint density at radius 3 is 2.78 bits per heavy atom. The molecule has 0 amide bonds. The first-order chi connectivity index (χ1) is 8.47. The topological polar surface area (TPSA) is 40.5 Å². The molecule has 98 valence electrons. The highest BCUT2D eigenvalue weighted by atomic mass is 35.5. The molecule has 0 radical (unpaired) electrons. The van der Waals surface area contributed by atoms with E-state index in [-0.39, 0.29) is 11.8 Å². The van der Waals surface area contributed by atoms with Gasteiger partial charge in [0.25, 0.3) is 0 Å². The minimum Gasteiger partial charge on any atom is -0.481 e. The summed E-state index contributed by atoms with van der Waals surface area (Å²) in [4.78, 5) is 13.1. The molecule has 3 nitrogen and oxygen atoms in total. The molecule has 1 aliphatic heterocycles. The van der Waals surface area contributed by atoms with Crippen LogP contribution in [0.5, 0.6) is 0 Å². The summed E-state index contributed by atoms with van der Waals surface area (Å²) in [5.74, 6) is -0.686. The predicted octanol–water partition coefficient (Wildman–Crippen LogP) is 2.80. The summed E-state index contributed by atoms with van der Waals surface area (Å²) in [7, 11) is 0. The van der Waals surface area contributed by atoms with Crippen molar-refractivity contribution < 1.29 is 9.90 Å². The Kier molecular flexibility index (Phi) is 3.93. The fourth-order valence-corrected chi connectivity index (χ4v) is 2.57. The molecule has 1 N–H and O–H groups in total. The summed E-state index contributed by atoms with van der Waals surface area (Å²) >= 11 is 6.18. The summed E-state index contributed by atoms with van der Waals surface area (Å²) < 4.78 is 0. The van der Waals surface area contributed by atoms with Crippen LogP contribution in [0, 0.1) is 18.8 Å². The maximum Gasteiger partial charge on any atom is 0.306 e. The molecule has 0 saturated carbocycles. The van der Waals surface area contributed by atoms with Crippen molar-refractivity contribution in [2.24, 2.45) is 11.8 Å². The third-order valence-corrected chi connectivity index (χ3v) is 4.04. The van der Waals surface area contributed by atoms with E-state index in [1.807, 2.05) is 19.1 Å². The average Bonchev–Trinajstić information content (AvgIpc) is 2.24. The number of carboxylic acids is 1. The van der Waals surface area contributed by atoms with Crippen molar-refractivity contribution in [2.75, 3.05) is 13.1 Å². The number of halogens is 1. The van der Waals surface area contributed by atoms with Crippen molar-refractivity contribution >= 4 is 17.6 Å². The van der Waals surface area contributed by atoms with Crippen molar-refractivity contribution in [3.05, 3.63) is 34.3 Å². The van der Waals surface area contributed by atoms with Crippen LogP contribution in [-0.2, 0) is 11.3 Å². The lowest BCUT2D eigenvalue weighted by molar-refractivity contribution is -0.145. The highest BCUT2D eigenvalue weighted by Crippen LogP contribution is 2.27. The number of aliphatic carboxylic acids is 1. The standard InChI is InChI=1S/C14H18ClNO2/c1-9-3-4-11(13(15)5-9)6-16-7-12(8-16)10(2)14(17)18/h3-5,10,12H,6-8H2,1-2H3,(H,17,18).